The molecule has 0 amide bonds. The van der Waals surface area contributed by atoms with Gasteiger partial charge >= 0.3 is 0 Å². The summed E-state index contributed by atoms with van der Waals surface area (Å²) < 4.78 is 5.75. The average molecular weight is 287 g/mol. The molecule has 20 heavy (non-hydrogen) atoms. The van der Waals surface area contributed by atoms with E-state index in [0.717, 1.165) is 16.5 Å². The standard InChI is InChI=1S/C17H15ClO2/c1-17(19,11-12-5-3-2-4-6-12)16-10-13-9-14(18)7-8-15(13)20-16/h2-10,19H,11H2,1H3. The third-order valence-corrected chi connectivity index (χ3v) is 3.64. The average Bonchev–Trinajstić information content (AvgIpc) is 2.83. The van der Waals surface area contributed by atoms with Crippen LogP contribution in [0.25, 0.3) is 11.0 Å². The predicted molar refractivity (Wildman–Crippen MR) is 80.9 cm³/mol. The third-order valence-electron chi connectivity index (χ3n) is 3.40. The molecule has 0 aliphatic carbocycles. The van der Waals surface area contributed by atoms with Crippen LogP contribution >= 0.6 is 11.6 Å². The minimum Gasteiger partial charge on any atom is -0.458 e. The van der Waals surface area contributed by atoms with Crippen molar-refractivity contribution < 1.29 is 9.52 Å². The second kappa shape index (κ2) is 4.97. The number of benzene rings is 2. The van der Waals surface area contributed by atoms with Crippen LogP contribution < -0.4 is 0 Å². The van der Waals surface area contributed by atoms with Gasteiger partial charge in [0.2, 0.25) is 0 Å². The Balaban J connectivity index is 1.96. The highest BCUT2D eigenvalue weighted by atomic mass is 35.5. The van der Waals surface area contributed by atoms with Gasteiger partial charge < -0.3 is 9.52 Å². The molecular weight excluding hydrogens is 272 g/mol. The summed E-state index contributed by atoms with van der Waals surface area (Å²) in [4.78, 5) is 0. The number of aliphatic hydroxyl groups is 1. The summed E-state index contributed by atoms with van der Waals surface area (Å²) in [7, 11) is 0. The van der Waals surface area contributed by atoms with E-state index in [4.69, 9.17) is 16.0 Å². The maximum Gasteiger partial charge on any atom is 0.136 e. The fourth-order valence-electron chi connectivity index (χ4n) is 2.36. The highest BCUT2D eigenvalue weighted by molar-refractivity contribution is 6.31. The molecule has 0 aliphatic heterocycles. The van der Waals surface area contributed by atoms with E-state index < -0.39 is 5.60 Å². The van der Waals surface area contributed by atoms with E-state index in [2.05, 4.69) is 0 Å². The van der Waals surface area contributed by atoms with Crippen LogP contribution in [-0.4, -0.2) is 5.11 Å². The summed E-state index contributed by atoms with van der Waals surface area (Å²) in [5.41, 5.74) is 0.751. The molecule has 0 radical (unpaired) electrons. The van der Waals surface area contributed by atoms with Gasteiger partial charge in [0.15, 0.2) is 0 Å². The maximum absolute atomic E-state index is 10.7. The smallest absolute Gasteiger partial charge is 0.136 e. The first kappa shape index (κ1) is 13.2. The van der Waals surface area contributed by atoms with Gasteiger partial charge in [-0.25, -0.2) is 0 Å². The molecule has 2 nitrogen and oxygen atoms in total. The van der Waals surface area contributed by atoms with Gasteiger partial charge in [-0.15, -0.1) is 0 Å². The quantitative estimate of drug-likeness (QED) is 0.767. The molecule has 0 spiro atoms. The first-order chi connectivity index (χ1) is 9.54. The fourth-order valence-corrected chi connectivity index (χ4v) is 2.54. The van der Waals surface area contributed by atoms with E-state index >= 15 is 0 Å². The van der Waals surface area contributed by atoms with E-state index in [1.165, 1.54) is 0 Å². The lowest BCUT2D eigenvalue weighted by molar-refractivity contribution is 0.0360. The molecule has 3 rings (SSSR count). The molecule has 1 N–H and O–H groups in total. The number of hydrogen-bond donors (Lipinski definition) is 1. The fraction of sp³-hybridized carbons (Fsp3) is 0.176. The van der Waals surface area contributed by atoms with Gasteiger partial charge in [-0.1, -0.05) is 41.9 Å². The third kappa shape index (κ3) is 2.58. The summed E-state index contributed by atoms with van der Waals surface area (Å²) in [5, 5.41) is 12.2. The summed E-state index contributed by atoms with van der Waals surface area (Å²) in [6.07, 6.45) is 0.501. The van der Waals surface area contributed by atoms with Gasteiger partial charge in [0.05, 0.1) is 0 Å². The molecular formula is C17H15ClO2. The van der Waals surface area contributed by atoms with Crippen LogP contribution in [0.5, 0.6) is 0 Å². The van der Waals surface area contributed by atoms with Crippen LogP contribution in [0, 0.1) is 0 Å². The minimum absolute atomic E-state index is 0.501. The first-order valence-corrected chi connectivity index (χ1v) is 6.88. The van der Waals surface area contributed by atoms with Crippen LogP contribution in [0.1, 0.15) is 18.2 Å². The van der Waals surface area contributed by atoms with E-state index in [1.54, 1.807) is 13.0 Å². The first-order valence-electron chi connectivity index (χ1n) is 6.50. The molecule has 3 heteroatoms. The van der Waals surface area contributed by atoms with Crippen LogP contribution in [0.2, 0.25) is 5.02 Å². The van der Waals surface area contributed by atoms with Crippen molar-refractivity contribution in [3.8, 4) is 0 Å². The summed E-state index contributed by atoms with van der Waals surface area (Å²) in [6.45, 7) is 1.76. The molecule has 0 saturated carbocycles. The van der Waals surface area contributed by atoms with Crippen molar-refractivity contribution in [2.45, 2.75) is 18.9 Å². The van der Waals surface area contributed by atoms with Gasteiger partial charge in [-0.05, 0) is 36.8 Å². The lowest BCUT2D eigenvalue weighted by Crippen LogP contribution is -2.23. The normalized spacial score (nSPS) is 14.3. The summed E-state index contributed by atoms with van der Waals surface area (Å²) >= 11 is 5.97. The zero-order valence-electron chi connectivity index (χ0n) is 11.1. The number of fused-ring (bicyclic) bond motifs is 1. The van der Waals surface area contributed by atoms with Gasteiger partial charge in [-0.2, -0.15) is 0 Å². The molecule has 1 atom stereocenters. The van der Waals surface area contributed by atoms with Crippen molar-refractivity contribution in [2.75, 3.05) is 0 Å². The zero-order chi connectivity index (χ0) is 14.2. The van der Waals surface area contributed by atoms with Crippen LogP contribution in [0.15, 0.2) is 59.0 Å². The molecule has 3 aromatic rings. The highest BCUT2D eigenvalue weighted by Crippen LogP contribution is 2.31. The second-order valence-corrected chi connectivity index (χ2v) is 5.67. The van der Waals surface area contributed by atoms with Crippen LogP contribution in [0.3, 0.4) is 0 Å². The number of hydrogen-bond acceptors (Lipinski definition) is 2. The number of rotatable bonds is 3. The molecule has 1 heterocycles. The van der Waals surface area contributed by atoms with Crippen molar-refractivity contribution >= 4 is 22.6 Å². The van der Waals surface area contributed by atoms with Gasteiger partial charge in [0.1, 0.15) is 16.9 Å². The molecule has 0 bridgehead atoms. The monoisotopic (exact) mass is 286 g/mol. The molecule has 0 aliphatic rings. The molecule has 1 unspecified atom stereocenters. The molecule has 1 aromatic heterocycles. The van der Waals surface area contributed by atoms with Gasteiger partial charge in [-0.3, -0.25) is 0 Å². The van der Waals surface area contributed by atoms with Crippen molar-refractivity contribution in [1.82, 2.24) is 0 Å². The number of halogens is 1. The van der Waals surface area contributed by atoms with Crippen molar-refractivity contribution in [3.63, 3.8) is 0 Å². The molecule has 0 saturated heterocycles. The molecule has 2 aromatic carbocycles. The Morgan fingerprint density at radius 2 is 1.85 bits per heavy atom. The van der Waals surface area contributed by atoms with Gasteiger partial charge in [0.25, 0.3) is 0 Å². The predicted octanol–water partition coefficient (Wildman–Crippen LogP) is 4.54. The van der Waals surface area contributed by atoms with Crippen LogP contribution in [-0.2, 0) is 12.0 Å². The van der Waals surface area contributed by atoms with Crippen molar-refractivity contribution in [3.05, 3.63) is 70.9 Å². The summed E-state index contributed by atoms with van der Waals surface area (Å²) in [5.74, 6) is 0.554. The van der Waals surface area contributed by atoms with E-state index in [-0.39, 0.29) is 0 Å². The lowest BCUT2D eigenvalue weighted by Gasteiger charge is -2.20. The molecule has 102 valence electrons. The Labute approximate surface area is 122 Å². The van der Waals surface area contributed by atoms with E-state index in [1.807, 2.05) is 48.5 Å². The Morgan fingerprint density at radius 1 is 1.10 bits per heavy atom. The lowest BCUT2D eigenvalue weighted by atomic mass is 9.94. The minimum atomic E-state index is -1.05. The zero-order valence-corrected chi connectivity index (χ0v) is 11.9. The second-order valence-electron chi connectivity index (χ2n) is 5.23. The van der Waals surface area contributed by atoms with Crippen molar-refractivity contribution in [1.29, 1.82) is 0 Å². The van der Waals surface area contributed by atoms with Crippen LogP contribution in [0.4, 0.5) is 0 Å². The largest absolute Gasteiger partial charge is 0.458 e. The maximum atomic E-state index is 10.7. The molecule has 0 fully saturated rings. The number of furan rings is 1. The Kier molecular flexibility index (Phi) is 3.28. The topological polar surface area (TPSA) is 33.4 Å². The van der Waals surface area contributed by atoms with E-state index in [9.17, 15) is 5.11 Å². The Hall–Kier alpha value is -1.77. The highest BCUT2D eigenvalue weighted by Gasteiger charge is 2.27. The summed E-state index contributed by atoms with van der Waals surface area (Å²) in [6, 6.07) is 17.2. The van der Waals surface area contributed by atoms with Gasteiger partial charge in [0, 0.05) is 16.8 Å². The Morgan fingerprint density at radius 3 is 2.60 bits per heavy atom. The van der Waals surface area contributed by atoms with Crippen molar-refractivity contribution in [2.24, 2.45) is 0 Å². The Bertz CT molecular complexity index is 729. The SMILES string of the molecule is CC(O)(Cc1ccccc1)c1cc2cc(Cl)ccc2o1. The van der Waals surface area contributed by atoms with E-state index in [0.29, 0.717) is 17.2 Å².